The third kappa shape index (κ3) is 4.96. The molecule has 1 amide bonds. The lowest BCUT2D eigenvalue weighted by atomic mass is 10.1. The number of aryl methyl sites for hydroxylation is 1. The summed E-state index contributed by atoms with van der Waals surface area (Å²) in [6, 6.07) is 5.71. The van der Waals surface area contributed by atoms with Gasteiger partial charge in [0.05, 0.1) is 6.61 Å². The zero-order valence-electron chi connectivity index (χ0n) is 12.1. The van der Waals surface area contributed by atoms with E-state index in [0.717, 1.165) is 22.1 Å². The third-order valence-corrected chi connectivity index (χ3v) is 3.73. The van der Waals surface area contributed by atoms with Gasteiger partial charge in [0.25, 0.3) is 5.91 Å². The molecule has 0 spiro atoms. The van der Waals surface area contributed by atoms with Crippen LogP contribution in [-0.4, -0.2) is 37.6 Å². The minimum absolute atomic E-state index is 0.0707. The minimum atomic E-state index is 0.0707. The Morgan fingerprint density at radius 3 is 2.63 bits per heavy atom. The van der Waals surface area contributed by atoms with Gasteiger partial charge in [0.15, 0.2) is 0 Å². The molecule has 0 aliphatic rings. The van der Waals surface area contributed by atoms with E-state index in [4.69, 9.17) is 4.74 Å². The van der Waals surface area contributed by atoms with Gasteiger partial charge in [-0.25, -0.2) is 0 Å². The van der Waals surface area contributed by atoms with E-state index >= 15 is 0 Å². The predicted octanol–water partition coefficient (Wildman–Crippen LogP) is 3.50. The number of rotatable bonds is 6. The average molecular weight is 328 g/mol. The number of amides is 1. The number of carbonyl (C=O) groups excluding carboxylic acids is 1. The molecule has 0 radical (unpaired) electrons. The van der Waals surface area contributed by atoms with Crippen molar-refractivity contribution in [3.8, 4) is 0 Å². The molecule has 19 heavy (non-hydrogen) atoms. The summed E-state index contributed by atoms with van der Waals surface area (Å²) in [6.07, 6.45) is 0. The number of hydrogen-bond acceptors (Lipinski definition) is 2. The quantitative estimate of drug-likeness (QED) is 0.800. The van der Waals surface area contributed by atoms with Crippen molar-refractivity contribution < 1.29 is 9.53 Å². The molecule has 1 rings (SSSR count). The van der Waals surface area contributed by atoms with Crippen molar-refractivity contribution >= 4 is 21.8 Å². The van der Waals surface area contributed by atoms with Crippen molar-refractivity contribution in [2.24, 2.45) is 5.92 Å². The Labute approximate surface area is 124 Å². The third-order valence-electron chi connectivity index (χ3n) is 2.84. The van der Waals surface area contributed by atoms with Gasteiger partial charge in [0.2, 0.25) is 0 Å². The summed E-state index contributed by atoms with van der Waals surface area (Å²) >= 11 is 3.45. The number of ether oxygens (including phenoxy) is 1. The van der Waals surface area contributed by atoms with Crippen LogP contribution >= 0.6 is 15.9 Å². The highest BCUT2D eigenvalue weighted by molar-refractivity contribution is 9.10. The van der Waals surface area contributed by atoms with Crippen LogP contribution in [0.1, 0.15) is 29.8 Å². The second kappa shape index (κ2) is 7.65. The fourth-order valence-corrected chi connectivity index (χ4v) is 2.12. The van der Waals surface area contributed by atoms with Gasteiger partial charge in [-0.05, 0) is 36.6 Å². The summed E-state index contributed by atoms with van der Waals surface area (Å²) in [5.41, 5.74) is 1.81. The van der Waals surface area contributed by atoms with Gasteiger partial charge in [-0.1, -0.05) is 29.8 Å². The standard InChI is InChI=1S/C15H22BrNO2/c1-11(2)10-17(7-8-19-4)15(18)13-5-6-14(16)12(3)9-13/h5-6,9,11H,7-8,10H2,1-4H3. The fraction of sp³-hybridized carbons (Fsp3) is 0.533. The summed E-state index contributed by atoms with van der Waals surface area (Å²) < 4.78 is 6.11. The highest BCUT2D eigenvalue weighted by Crippen LogP contribution is 2.18. The van der Waals surface area contributed by atoms with E-state index in [-0.39, 0.29) is 5.91 Å². The van der Waals surface area contributed by atoms with Crippen LogP contribution in [0.5, 0.6) is 0 Å². The maximum Gasteiger partial charge on any atom is 0.253 e. The minimum Gasteiger partial charge on any atom is -0.383 e. The normalized spacial score (nSPS) is 10.8. The number of methoxy groups -OCH3 is 1. The second-order valence-corrected chi connectivity index (χ2v) is 5.96. The van der Waals surface area contributed by atoms with Crippen LogP contribution in [0, 0.1) is 12.8 Å². The maximum atomic E-state index is 12.5. The number of halogens is 1. The lowest BCUT2D eigenvalue weighted by Gasteiger charge is -2.24. The number of carbonyl (C=O) groups is 1. The summed E-state index contributed by atoms with van der Waals surface area (Å²) in [5.74, 6) is 0.513. The first kappa shape index (κ1) is 16.2. The van der Waals surface area contributed by atoms with Gasteiger partial charge >= 0.3 is 0 Å². The molecule has 0 saturated heterocycles. The van der Waals surface area contributed by atoms with E-state index in [9.17, 15) is 4.79 Å². The van der Waals surface area contributed by atoms with Crippen molar-refractivity contribution in [1.29, 1.82) is 0 Å². The Morgan fingerprint density at radius 1 is 1.42 bits per heavy atom. The highest BCUT2D eigenvalue weighted by Gasteiger charge is 2.17. The first-order chi connectivity index (χ1) is 8.95. The number of benzene rings is 1. The Hall–Kier alpha value is -0.870. The molecule has 0 fully saturated rings. The van der Waals surface area contributed by atoms with Gasteiger partial charge in [0.1, 0.15) is 0 Å². The van der Waals surface area contributed by atoms with Crippen molar-refractivity contribution in [2.75, 3.05) is 26.8 Å². The van der Waals surface area contributed by atoms with Gasteiger partial charge in [0, 0.05) is 30.2 Å². The Kier molecular flexibility index (Phi) is 6.52. The Morgan fingerprint density at radius 2 is 2.11 bits per heavy atom. The van der Waals surface area contributed by atoms with E-state index in [0.29, 0.717) is 19.1 Å². The molecule has 0 saturated carbocycles. The first-order valence-electron chi connectivity index (χ1n) is 6.50. The van der Waals surface area contributed by atoms with Crippen LogP contribution in [0.25, 0.3) is 0 Å². The predicted molar refractivity (Wildman–Crippen MR) is 81.5 cm³/mol. The van der Waals surface area contributed by atoms with Crippen LogP contribution in [0.4, 0.5) is 0 Å². The molecule has 3 nitrogen and oxygen atoms in total. The van der Waals surface area contributed by atoms with Crippen LogP contribution in [0.2, 0.25) is 0 Å². The largest absolute Gasteiger partial charge is 0.383 e. The first-order valence-corrected chi connectivity index (χ1v) is 7.29. The molecular formula is C15H22BrNO2. The molecule has 0 heterocycles. The van der Waals surface area contributed by atoms with Crippen molar-refractivity contribution in [3.63, 3.8) is 0 Å². The van der Waals surface area contributed by atoms with E-state index < -0.39 is 0 Å². The smallest absolute Gasteiger partial charge is 0.253 e. The van der Waals surface area contributed by atoms with Crippen molar-refractivity contribution in [1.82, 2.24) is 4.90 Å². The van der Waals surface area contributed by atoms with Gasteiger partial charge in [-0.15, -0.1) is 0 Å². The zero-order valence-corrected chi connectivity index (χ0v) is 13.7. The lowest BCUT2D eigenvalue weighted by molar-refractivity contribution is 0.0672. The molecule has 4 heteroatoms. The Bertz CT molecular complexity index is 432. The molecular weight excluding hydrogens is 306 g/mol. The van der Waals surface area contributed by atoms with Crippen LogP contribution in [0.15, 0.2) is 22.7 Å². The lowest BCUT2D eigenvalue weighted by Crippen LogP contribution is -2.36. The molecule has 0 aliphatic carbocycles. The number of hydrogen-bond donors (Lipinski definition) is 0. The van der Waals surface area contributed by atoms with Crippen molar-refractivity contribution in [2.45, 2.75) is 20.8 Å². The summed E-state index contributed by atoms with van der Waals surface area (Å²) in [6.45, 7) is 8.15. The van der Waals surface area contributed by atoms with E-state index in [1.165, 1.54) is 0 Å². The molecule has 0 aromatic heterocycles. The van der Waals surface area contributed by atoms with Crippen LogP contribution in [-0.2, 0) is 4.74 Å². The maximum absolute atomic E-state index is 12.5. The summed E-state index contributed by atoms with van der Waals surface area (Å²) in [4.78, 5) is 14.4. The van der Waals surface area contributed by atoms with Gasteiger partial charge in [-0.3, -0.25) is 4.79 Å². The topological polar surface area (TPSA) is 29.5 Å². The summed E-state index contributed by atoms with van der Waals surface area (Å²) in [5, 5.41) is 0. The van der Waals surface area contributed by atoms with Crippen LogP contribution < -0.4 is 0 Å². The molecule has 106 valence electrons. The number of nitrogens with zero attached hydrogens (tertiary/aromatic N) is 1. The fourth-order valence-electron chi connectivity index (χ4n) is 1.88. The SMILES string of the molecule is COCCN(CC(C)C)C(=O)c1ccc(Br)c(C)c1. The molecule has 1 aromatic rings. The monoisotopic (exact) mass is 327 g/mol. The molecule has 0 unspecified atom stereocenters. The van der Waals surface area contributed by atoms with E-state index in [2.05, 4.69) is 29.8 Å². The molecule has 0 N–H and O–H groups in total. The second-order valence-electron chi connectivity index (χ2n) is 5.10. The molecule has 0 aliphatic heterocycles. The van der Waals surface area contributed by atoms with Gasteiger partial charge in [-0.2, -0.15) is 0 Å². The average Bonchev–Trinajstić information content (AvgIpc) is 2.36. The molecule has 0 bridgehead atoms. The van der Waals surface area contributed by atoms with Gasteiger partial charge < -0.3 is 9.64 Å². The van der Waals surface area contributed by atoms with E-state index in [1.807, 2.05) is 30.0 Å². The Balaban J connectivity index is 2.87. The molecule has 1 aromatic carbocycles. The molecule has 0 atom stereocenters. The van der Waals surface area contributed by atoms with Crippen molar-refractivity contribution in [3.05, 3.63) is 33.8 Å². The van der Waals surface area contributed by atoms with Crippen LogP contribution in [0.3, 0.4) is 0 Å². The summed E-state index contributed by atoms with van der Waals surface area (Å²) in [7, 11) is 1.65. The zero-order chi connectivity index (χ0) is 14.4. The van der Waals surface area contributed by atoms with E-state index in [1.54, 1.807) is 7.11 Å². The highest BCUT2D eigenvalue weighted by atomic mass is 79.9.